The first kappa shape index (κ1) is 24.3. The Morgan fingerprint density at radius 2 is 1.78 bits per heavy atom. The first-order chi connectivity index (χ1) is 15.2. The van der Waals surface area contributed by atoms with Gasteiger partial charge in [-0.1, -0.05) is 63.2 Å². The zero-order chi connectivity index (χ0) is 23.1. The molecule has 174 valence electrons. The van der Waals surface area contributed by atoms with Crippen LogP contribution in [0.1, 0.15) is 37.5 Å². The van der Waals surface area contributed by atoms with Crippen LogP contribution in [0, 0.1) is 5.41 Å². The van der Waals surface area contributed by atoms with E-state index in [1.807, 2.05) is 37.2 Å². The van der Waals surface area contributed by atoms with E-state index in [2.05, 4.69) is 66.2 Å². The molecule has 2 aromatic rings. The highest BCUT2D eigenvalue weighted by molar-refractivity contribution is 5.81. The van der Waals surface area contributed by atoms with Crippen molar-refractivity contribution in [2.75, 3.05) is 52.1 Å². The number of hydrogen-bond acceptors (Lipinski definition) is 4. The van der Waals surface area contributed by atoms with Gasteiger partial charge in [0.15, 0.2) is 0 Å². The lowest BCUT2D eigenvalue weighted by Crippen LogP contribution is -2.39. The largest absolute Gasteiger partial charge is 0.376 e. The van der Waals surface area contributed by atoms with Crippen LogP contribution in [0.5, 0.6) is 0 Å². The van der Waals surface area contributed by atoms with E-state index in [-0.39, 0.29) is 5.91 Å². The third kappa shape index (κ3) is 7.35. The maximum absolute atomic E-state index is 13.1. The fourth-order valence-electron chi connectivity index (χ4n) is 4.34. The zero-order valence-electron chi connectivity index (χ0n) is 20.5. The molecule has 0 aliphatic carbocycles. The number of nitrogens with zero attached hydrogens (tertiary/aromatic N) is 3. The van der Waals surface area contributed by atoms with Crippen LogP contribution in [0.3, 0.4) is 0 Å². The number of rotatable bonds is 9. The van der Waals surface area contributed by atoms with Crippen molar-refractivity contribution in [2.24, 2.45) is 5.41 Å². The lowest BCUT2D eigenvalue weighted by atomic mass is 9.92. The van der Waals surface area contributed by atoms with E-state index in [0.717, 1.165) is 50.4 Å². The highest BCUT2D eigenvalue weighted by atomic mass is 16.2. The van der Waals surface area contributed by atoms with Gasteiger partial charge in [0.2, 0.25) is 5.91 Å². The summed E-state index contributed by atoms with van der Waals surface area (Å²) >= 11 is 0. The molecule has 1 N–H and O–H groups in total. The van der Waals surface area contributed by atoms with Crippen molar-refractivity contribution in [3.63, 3.8) is 0 Å². The number of hydrogen-bond donors (Lipinski definition) is 1. The molecule has 0 atom stereocenters. The normalized spacial score (nSPS) is 14.3. The second-order valence-corrected chi connectivity index (χ2v) is 10.4. The molecule has 1 aliphatic rings. The molecule has 1 aliphatic heterocycles. The van der Waals surface area contributed by atoms with Crippen LogP contribution in [0.2, 0.25) is 0 Å². The molecule has 32 heavy (non-hydrogen) atoms. The molecule has 1 heterocycles. The van der Waals surface area contributed by atoms with Gasteiger partial charge in [0.1, 0.15) is 0 Å². The SMILES string of the molecule is CN(C)CCN(Cc1ccccc1)C(=O)CNc1cccc2c1CCN(CC(C)(C)C)C2. The number of nitrogens with one attached hydrogen (secondary N) is 1. The summed E-state index contributed by atoms with van der Waals surface area (Å²) in [6.07, 6.45) is 1.02. The number of carbonyl (C=O) groups excluding carboxylic acids is 1. The van der Waals surface area contributed by atoms with Gasteiger partial charge in [0.25, 0.3) is 0 Å². The van der Waals surface area contributed by atoms with Crippen molar-refractivity contribution in [2.45, 2.75) is 40.3 Å². The molecular formula is C27H40N4O. The smallest absolute Gasteiger partial charge is 0.242 e. The molecule has 0 saturated carbocycles. The highest BCUT2D eigenvalue weighted by Gasteiger charge is 2.23. The van der Waals surface area contributed by atoms with Crippen LogP contribution in [0.4, 0.5) is 5.69 Å². The van der Waals surface area contributed by atoms with E-state index in [4.69, 9.17) is 0 Å². The van der Waals surface area contributed by atoms with Crippen LogP contribution in [0.15, 0.2) is 48.5 Å². The summed E-state index contributed by atoms with van der Waals surface area (Å²) in [6, 6.07) is 16.7. The average Bonchev–Trinajstić information content (AvgIpc) is 2.74. The fourth-order valence-corrected chi connectivity index (χ4v) is 4.34. The quantitative estimate of drug-likeness (QED) is 0.643. The number of carbonyl (C=O) groups is 1. The first-order valence-corrected chi connectivity index (χ1v) is 11.7. The molecule has 3 rings (SSSR count). The van der Waals surface area contributed by atoms with Gasteiger partial charge < -0.3 is 15.1 Å². The predicted octanol–water partition coefficient (Wildman–Crippen LogP) is 4.09. The standard InChI is InChI=1S/C27H40N4O/c1-27(2,3)21-30-15-14-24-23(20-30)12-9-13-25(24)28-18-26(32)31(17-16-29(4)5)19-22-10-7-6-8-11-22/h6-13,28H,14-21H2,1-5H3. The molecule has 1 amide bonds. The summed E-state index contributed by atoms with van der Waals surface area (Å²) in [5.74, 6) is 0.137. The number of anilines is 1. The summed E-state index contributed by atoms with van der Waals surface area (Å²) in [4.78, 5) is 19.8. The summed E-state index contributed by atoms with van der Waals surface area (Å²) in [7, 11) is 4.09. The molecule has 0 spiro atoms. The Labute approximate surface area is 194 Å². The third-order valence-corrected chi connectivity index (χ3v) is 5.86. The minimum absolute atomic E-state index is 0.137. The van der Waals surface area contributed by atoms with Crippen LogP contribution in [-0.4, -0.2) is 67.4 Å². The zero-order valence-corrected chi connectivity index (χ0v) is 20.5. The van der Waals surface area contributed by atoms with Crippen molar-refractivity contribution < 1.29 is 4.79 Å². The number of likely N-dealkylation sites (N-methyl/N-ethyl adjacent to an activating group) is 1. The van der Waals surface area contributed by atoms with Gasteiger partial charge in [-0.2, -0.15) is 0 Å². The molecule has 5 nitrogen and oxygen atoms in total. The minimum Gasteiger partial charge on any atom is -0.376 e. The van der Waals surface area contributed by atoms with Gasteiger partial charge in [-0.15, -0.1) is 0 Å². The van der Waals surface area contributed by atoms with Crippen molar-refractivity contribution in [3.8, 4) is 0 Å². The van der Waals surface area contributed by atoms with E-state index in [1.165, 1.54) is 11.1 Å². The van der Waals surface area contributed by atoms with Crippen molar-refractivity contribution in [1.29, 1.82) is 0 Å². The minimum atomic E-state index is 0.137. The second-order valence-electron chi connectivity index (χ2n) is 10.4. The van der Waals surface area contributed by atoms with E-state index in [1.54, 1.807) is 0 Å². The number of fused-ring (bicyclic) bond motifs is 1. The highest BCUT2D eigenvalue weighted by Crippen LogP contribution is 2.28. The molecule has 0 radical (unpaired) electrons. The molecule has 0 unspecified atom stereocenters. The molecule has 0 saturated heterocycles. The second kappa shape index (κ2) is 11.0. The van der Waals surface area contributed by atoms with Crippen LogP contribution < -0.4 is 5.32 Å². The average molecular weight is 437 g/mol. The molecule has 5 heteroatoms. The number of amides is 1. The Morgan fingerprint density at radius 1 is 1.03 bits per heavy atom. The Morgan fingerprint density at radius 3 is 2.47 bits per heavy atom. The maximum atomic E-state index is 13.1. The van der Waals surface area contributed by atoms with Gasteiger partial charge >= 0.3 is 0 Å². The first-order valence-electron chi connectivity index (χ1n) is 11.7. The Hall–Kier alpha value is -2.37. The molecular weight excluding hydrogens is 396 g/mol. The summed E-state index contributed by atoms with van der Waals surface area (Å²) in [5, 5.41) is 3.47. The maximum Gasteiger partial charge on any atom is 0.242 e. The Kier molecular flexibility index (Phi) is 8.32. The van der Waals surface area contributed by atoms with Gasteiger partial charge in [0.05, 0.1) is 6.54 Å². The van der Waals surface area contributed by atoms with Gasteiger partial charge in [-0.25, -0.2) is 0 Å². The molecule has 0 fully saturated rings. The Bertz CT molecular complexity index is 873. The number of benzene rings is 2. The Balaban J connectivity index is 1.64. The van der Waals surface area contributed by atoms with Crippen molar-refractivity contribution in [3.05, 3.63) is 65.2 Å². The van der Waals surface area contributed by atoms with E-state index in [0.29, 0.717) is 18.5 Å². The lowest BCUT2D eigenvalue weighted by Gasteiger charge is -2.34. The van der Waals surface area contributed by atoms with Crippen molar-refractivity contribution >= 4 is 11.6 Å². The van der Waals surface area contributed by atoms with Gasteiger partial charge in [-0.05, 0) is 48.7 Å². The van der Waals surface area contributed by atoms with Gasteiger partial charge in [-0.3, -0.25) is 9.69 Å². The van der Waals surface area contributed by atoms with Crippen LogP contribution in [0.25, 0.3) is 0 Å². The van der Waals surface area contributed by atoms with E-state index >= 15 is 0 Å². The molecule has 0 bridgehead atoms. The predicted molar refractivity (Wildman–Crippen MR) is 134 cm³/mol. The van der Waals surface area contributed by atoms with Crippen molar-refractivity contribution in [1.82, 2.24) is 14.7 Å². The van der Waals surface area contributed by atoms with E-state index in [9.17, 15) is 4.79 Å². The monoisotopic (exact) mass is 436 g/mol. The van der Waals surface area contributed by atoms with Crippen LogP contribution in [-0.2, 0) is 24.3 Å². The summed E-state index contributed by atoms with van der Waals surface area (Å²) < 4.78 is 0. The van der Waals surface area contributed by atoms with Crippen LogP contribution >= 0.6 is 0 Å². The topological polar surface area (TPSA) is 38.8 Å². The summed E-state index contributed by atoms with van der Waals surface area (Å²) in [6.45, 7) is 12.6. The van der Waals surface area contributed by atoms with Gasteiger partial charge in [0, 0.05) is 45.0 Å². The molecule has 2 aromatic carbocycles. The fraction of sp³-hybridized carbons (Fsp3) is 0.519. The molecule has 0 aromatic heterocycles. The van der Waals surface area contributed by atoms with E-state index < -0.39 is 0 Å². The third-order valence-electron chi connectivity index (χ3n) is 5.86. The summed E-state index contributed by atoms with van der Waals surface area (Å²) in [5.41, 5.74) is 5.32. The lowest BCUT2D eigenvalue weighted by molar-refractivity contribution is -0.130.